The van der Waals surface area contributed by atoms with Crippen LogP contribution in [0.3, 0.4) is 0 Å². The van der Waals surface area contributed by atoms with Crippen LogP contribution in [0.1, 0.15) is 52.9 Å². The van der Waals surface area contributed by atoms with Crippen LogP contribution in [-0.2, 0) is 19.1 Å². The Hall–Kier alpha value is -2.61. The van der Waals surface area contributed by atoms with Gasteiger partial charge in [-0.2, -0.15) is 0 Å². The summed E-state index contributed by atoms with van der Waals surface area (Å²) in [4.78, 5) is 39.2. The highest BCUT2D eigenvalue weighted by Gasteiger charge is 2.32. The van der Waals surface area contributed by atoms with Crippen molar-refractivity contribution in [2.24, 2.45) is 23.7 Å². The van der Waals surface area contributed by atoms with Crippen molar-refractivity contribution in [3.63, 3.8) is 0 Å². The summed E-state index contributed by atoms with van der Waals surface area (Å²) in [5, 5.41) is 5.64. The summed E-state index contributed by atoms with van der Waals surface area (Å²) in [7, 11) is 1.60. The molecule has 1 heterocycles. The standard InChI is InChI=1S/C27H41N3O5/c1-18(2)23-10-5-19(3)15-24(23)35-17-25(31)28-16-26(32)30-13-11-20(12-14-30)27(33)29-21-6-8-22(34-4)9-7-21/h6-9,18-20,23-24H,5,10-17H2,1-4H3,(H,28,31)(H,29,33)/t19-,23+,24+/m0/s1. The first-order valence-corrected chi connectivity index (χ1v) is 12.9. The van der Waals surface area contributed by atoms with Gasteiger partial charge >= 0.3 is 0 Å². The van der Waals surface area contributed by atoms with Gasteiger partial charge in [-0.3, -0.25) is 14.4 Å². The smallest absolute Gasteiger partial charge is 0.246 e. The fourth-order valence-corrected chi connectivity index (χ4v) is 5.14. The molecule has 3 rings (SSSR count). The predicted molar refractivity (Wildman–Crippen MR) is 135 cm³/mol. The zero-order valence-electron chi connectivity index (χ0n) is 21.5. The number of nitrogens with zero attached hydrogens (tertiary/aromatic N) is 1. The molecule has 2 aliphatic rings. The van der Waals surface area contributed by atoms with Gasteiger partial charge in [-0.05, 0) is 67.7 Å². The minimum Gasteiger partial charge on any atom is -0.497 e. The Balaban J connectivity index is 1.35. The van der Waals surface area contributed by atoms with Gasteiger partial charge in [0.15, 0.2) is 0 Å². The largest absolute Gasteiger partial charge is 0.497 e. The van der Waals surface area contributed by atoms with E-state index in [1.807, 2.05) is 0 Å². The molecule has 1 saturated heterocycles. The van der Waals surface area contributed by atoms with Gasteiger partial charge in [-0.25, -0.2) is 0 Å². The van der Waals surface area contributed by atoms with Gasteiger partial charge in [-0.1, -0.05) is 27.2 Å². The maximum absolute atomic E-state index is 12.6. The summed E-state index contributed by atoms with van der Waals surface area (Å²) in [6.07, 6.45) is 4.63. The normalized spacial score (nSPS) is 23.1. The number of likely N-dealkylation sites (tertiary alicyclic amines) is 1. The SMILES string of the molecule is COc1ccc(NC(=O)C2CCN(C(=O)CNC(=O)CO[C@@H]3C[C@@H](C)CC[C@@H]3C(C)C)CC2)cc1. The highest BCUT2D eigenvalue weighted by molar-refractivity contribution is 5.93. The molecule has 0 bridgehead atoms. The third-order valence-electron chi connectivity index (χ3n) is 7.40. The molecule has 3 atom stereocenters. The van der Waals surface area contributed by atoms with Crippen molar-refractivity contribution < 1.29 is 23.9 Å². The Bertz CT molecular complexity index is 849. The molecule has 8 heteroatoms. The van der Waals surface area contributed by atoms with E-state index in [2.05, 4.69) is 31.4 Å². The highest BCUT2D eigenvalue weighted by atomic mass is 16.5. The summed E-state index contributed by atoms with van der Waals surface area (Å²) in [5.41, 5.74) is 0.724. The molecule has 2 N–H and O–H groups in total. The molecule has 0 spiro atoms. The van der Waals surface area contributed by atoms with E-state index < -0.39 is 0 Å². The number of ether oxygens (including phenoxy) is 2. The van der Waals surface area contributed by atoms with Crippen molar-refractivity contribution in [1.82, 2.24) is 10.2 Å². The molecule has 35 heavy (non-hydrogen) atoms. The number of nitrogens with one attached hydrogen (secondary N) is 2. The molecule has 2 fully saturated rings. The number of carbonyl (C=O) groups is 3. The van der Waals surface area contributed by atoms with E-state index in [4.69, 9.17) is 9.47 Å². The van der Waals surface area contributed by atoms with E-state index in [0.29, 0.717) is 43.7 Å². The number of benzene rings is 1. The molecule has 0 radical (unpaired) electrons. The third-order valence-corrected chi connectivity index (χ3v) is 7.40. The summed E-state index contributed by atoms with van der Waals surface area (Å²) < 4.78 is 11.1. The van der Waals surface area contributed by atoms with E-state index in [9.17, 15) is 14.4 Å². The number of anilines is 1. The van der Waals surface area contributed by atoms with Gasteiger partial charge in [-0.15, -0.1) is 0 Å². The first-order valence-electron chi connectivity index (χ1n) is 12.9. The topological polar surface area (TPSA) is 97.0 Å². The predicted octanol–water partition coefficient (Wildman–Crippen LogP) is 3.47. The Morgan fingerprint density at radius 1 is 1.06 bits per heavy atom. The van der Waals surface area contributed by atoms with Gasteiger partial charge in [0.2, 0.25) is 17.7 Å². The monoisotopic (exact) mass is 487 g/mol. The van der Waals surface area contributed by atoms with Crippen LogP contribution in [0.25, 0.3) is 0 Å². The zero-order chi connectivity index (χ0) is 25.4. The van der Waals surface area contributed by atoms with Crippen molar-refractivity contribution in [3.8, 4) is 5.75 Å². The molecular formula is C27H41N3O5. The molecule has 3 amide bonds. The molecule has 0 aromatic heterocycles. The molecule has 8 nitrogen and oxygen atoms in total. The average Bonchev–Trinajstić information content (AvgIpc) is 2.86. The fourth-order valence-electron chi connectivity index (χ4n) is 5.14. The van der Waals surface area contributed by atoms with Crippen LogP contribution in [-0.4, -0.2) is 62.1 Å². The van der Waals surface area contributed by atoms with Crippen LogP contribution in [0.2, 0.25) is 0 Å². The van der Waals surface area contributed by atoms with Gasteiger partial charge in [0, 0.05) is 24.7 Å². The number of carbonyl (C=O) groups excluding carboxylic acids is 3. The lowest BCUT2D eigenvalue weighted by Gasteiger charge is -2.37. The summed E-state index contributed by atoms with van der Waals surface area (Å²) in [6.45, 7) is 7.60. The van der Waals surface area contributed by atoms with Crippen LogP contribution in [0, 0.1) is 23.7 Å². The lowest BCUT2D eigenvalue weighted by atomic mass is 9.75. The van der Waals surface area contributed by atoms with Crippen LogP contribution < -0.4 is 15.4 Å². The number of amides is 3. The van der Waals surface area contributed by atoms with Crippen molar-refractivity contribution in [2.45, 2.75) is 59.0 Å². The Labute approximate surface area is 209 Å². The van der Waals surface area contributed by atoms with Crippen LogP contribution in [0.5, 0.6) is 5.75 Å². The van der Waals surface area contributed by atoms with Crippen LogP contribution >= 0.6 is 0 Å². The Morgan fingerprint density at radius 2 is 1.74 bits per heavy atom. The summed E-state index contributed by atoms with van der Waals surface area (Å²) >= 11 is 0. The Morgan fingerprint density at radius 3 is 2.37 bits per heavy atom. The summed E-state index contributed by atoms with van der Waals surface area (Å²) in [6, 6.07) is 7.21. The molecule has 1 aliphatic heterocycles. The van der Waals surface area contributed by atoms with Crippen LogP contribution in [0.4, 0.5) is 5.69 Å². The number of hydrogen-bond acceptors (Lipinski definition) is 5. The van der Waals surface area contributed by atoms with Gasteiger partial charge in [0.1, 0.15) is 12.4 Å². The van der Waals surface area contributed by atoms with Crippen molar-refractivity contribution >= 4 is 23.4 Å². The maximum Gasteiger partial charge on any atom is 0.246 e. The minimum atomic E-state index is -0.257. The van der Waals surface area contributed by atoms with E-state index in [0.717, 1.165) is 24.3 Å². The second-order valence-electron chi connectivity index (χ2n) is 10.3. The first kappa shape index (κ1) is 27.0. The average molecular weight is 488 g/mol. The van der Waals surface area contributed by atoms with Crippen LogP contribution in [0.15, 0.2) is 24.3 Å². The highest BCUT2D eigenvalue weighted by Crippen LogP contribution is 2.35. The second-order valence-corrected chi connectivity index (χ2v) is 10.3. The van der Waals surface area contributed by atoms with E-state index in [-0.39, 0.29) is 42.9 Å². The van der Waals surface area contributed by atoms with Crippen molar-refractivity contribution in [3.05, 3.63) is 24.3 Å². The van der Waals surface area contributed by atoms with Crippen molar-refractivity contribution in [1.29, 1.82) is 0 Å². The number of hydrogen-bond donors (Lipinski definition) is 2. The number of rotatable bonds is 9. The van der Waals surface area contributed by atoms with Crippen molar-refractivity contribution in [2.75, 3.05) is 38.7 Å². The molecular weight excluding hydrogens is 446 g/mol. The second kappa shape index (κ2) is 12.9. The summed E-state index contributed by atoms with van der Waals surface area (Å²) in [5.74, 6) is 1.78. The number of methoxy groups -OCH3 is 1. The first-order chi connectivity index (χ1) is 16.8. The van der Waals surface area contributed by atoms with E-state index in [1.54, 1.807) is 36.3 Å². The Kier molecular flexibility index (Phi) is 9.95. The zero-order valence-corrected chi connectivity index (χ0v) is 21.5. The molecule has 0 unspecified atom stereocenters. The van der Waals surface area contributed by atoms with E-state index >= 15 is 0 Å². The third kappa shape index (κ3) is 7.95. The molecule has 194 valence electrons. The van der Waals surface area contributed by atoms with Gasteiger partial charge in [0.25, 0.3) is 0 Å². The van der Waals surface area contributed by atoms with E-state index in [1.165, 1.54) is 6.42 Å². The van der Waals surface area contributed by atoms with Gasteiger partial charge < -0.3 is 25.0 Å². The van der Waals surface area contributed by atoms with Gasteiger partial charge in [0.05, 0.1) is 19.8 Å². The molecule has 1 saturated carbocycles. The lowest BCUT2D eigenvalue weighted by molar-refractivity contribution is -0.137. The minimum absolute atomic E-state index is 0.0124. The number of piperidine rings is 1. The fraction of sp³-hybridized carbons (Fsp3) is 0.667. The molecule has 1 aliphatic carbocycles. The lowest BCUT2D eigenvalue weighted by Crippen LogP contribution is -2.46. The molecule has 1 aromatic carbocycles. The maximum atomic E-state index is 12.6. The quantitative estimate of drug-likeness (QED) is 0.556. The molecule has 1 aromatic rings.